The van der Waals surface area contributed by atoms with Crippen molar-refractivity contribution in [3.8, 4) is 0 Å². The normalized spacial score (nSPS) is 25.1. The molecule has 0 unspecified atom stereocenters. The zero-order valence-electron chi connectivity index (χ0n) is 30.7. The molecule has 0 saturated heterocycles. The molecule has 0 aromatic rings. The van der Waals surface area contributed by atoms with Crippen LogP contribution in [0.25, 0.3) is 0 Å². The van der Waals surface area contributed by atoms with Crippen LogP contribution in [-0.2, 0) is 47.7 Å². The molecule has 0 aromatic carbocycles. The van der Waals surface area contributed by atoms with Crippen LogP contribution in [-0.4, -0.2) is 71.5 Å². The largest absolute Gasteiger partial charge is 0.481 e. The third-order valence-corrected chi connectivity index (χ3v) is 9.20. The van der Waals surface area contributed by atoms with Gasteiger partial charge >= 0.3 is 35.8 Å². The van der Waals surface area contributed by atoms with E-state index in [1.54, 1.807) is 13.8 Å². The lowest BCUT2D eigenvalue weighted by Gasteiger charge is -2.27. The van der Waals surface area contributed by atoms with E-state index in [0.29, 0.717) is 32.2 Å². The molecule has 12 nitrogen and oxygen atoms in total. The predicted octanol–water partition coefficient (Wildman–Crippen LogP) is 6.75. The topological polar surface area (TPSA) is 180 Å². The smallest absolute Gasteiger partial charge is 0.308 e. The van der Waals surface area contributed by atoms with Gasteiger partial charge in [0.2, 0.25) is 0 Å². The van der Waals surface area contributed by atoms with Crippen molar-refractivity contribution < 1.29 is 57.9 Å². The molecule has 0 atom stereocenters. The van der Waals surface area contributed by atoms with Crippen molar-refractivity contribution in [2.45, 2.75) is 143 Å². The Morgan fingerprint density at radius 2 is 0.755 bits per heavy atom. The van der Waals surface area contributed by atoms with E-state index in [1.807, 2.05) is 27.7 Å². The van der Waals surface area contributed by atoms with Crippen molar-refractivity contribution in [1.29, 1.82) is 0 Å². The summed E-state index contributed by atoms with van der Waals surface area (Å²) in [5.74, 6) is -1.09. The molecule has 3 rings (SSSR count). The summed E-state index contributed by atoms with van der Waals surface area (Å²) in [5.41, 5.74) is -0.417. The Labute approximate surface area is 292 Å². The minimum absolute atomic E-state index is 0.00463. The minimum Gasteiger partial charge on any atom is -0.481 e. The first-order valence-electron chi connectivity index (χ1n) is 18.2. The van der Waals surface area contributed by atoms with Crippen LogP contribution in [0.2, 0.25) is 0 Å². The molecule has 0 heterocycles. The monoisotopic (exact) mass is 698 g/mol. The van der Waals surface area contributed by atoms with E-state index in [9.17, 15) is 28.8 Å². The average molecular weight is 699 g/mol. The Morgan fingerprint density at radius 3 is 0.980 bits per heavy atom. The highest BCUT2D eigenvalue weighted by Crippen LogP contribution is 2.33. The summed E-state index contributed by atoms with van der Waals surface area (Å²) in [7, 11) is 0. The number of carboxylic acids is 2. The second-order valence-electron chi connectivity index (χ2n) is 14.4. The van der Waals surface area contributed by atoms with Gasteiger partial charge < -0.3 is 29.2 Å². The van der Waals surface area contributed by atoms with E-state index < -0.39 is 17.5 Å². The van der Waals surface area contributed by atoms with Gasteiger partial charge in [-0.05, 0) is 136 Å². The first-order chi connectivity index (χ1) is 23.1. The van der Waals surface area contributed by atoms with Crippen molar-refractivity contribution in [2.75, 3.05) is 19.8 Å². The van der Waals surface area contributed by atoms with Crippen LogP contribution >= 0.6 is 0 Å². The maximum absolute atomic E-state index is 11.7. The van der Waals surface area contributed by atoms with E-state index in [0.717, 1.165) is 77.0 Å². The fraction of sp³-hybridized carbons (Fsp3) is 0.838. The molecule has 0 bridgehead atoms. The standard InChI is InChI=1S/C15H26O4.2C11H18O4/c1-5-18-14(17)12-8-6-11(7-9-12)10-13(16)19-15(2,3)4;2*1-2-15-11(14)9-5-3-8(4-6-9)7-10(12)13/h11-12H,5-10H2,1-4H3;2*8-9H,2-7H2,1H3,(H,12,13). The molecule has 3 fully saturated rings. The summed E-state index contributed by atoms with van der Waals surface area (Å²) in [6, 6.07) is 0. The number of hydrogen-bond donors (Lipinski definition) is 2. The van der Waals surface area contributed by atoms with Crippen molar-refractivity contribution >= 4 is 35.8 Å². The number of hydrogen-bond acceptors (Lipinski definition) is 10. The fourth-order valence-electron chi connectivity index (χ4n) is 6.70. The van der Waals surface area contributed by atoms with Gasteiger partial charge in [-0.2, -0.15) is 0 Å². The van der Waals surface area contributed by atoms with E-state index in [2.05, 4.69) is 0 Å². The molecule has 0 aromatic heterocycles. The van der Waals surface area contributed by atoms with Crippen LogP contribution in [0.3, 0.4) is 0 Å². The van der Waals surface area contributed by atoms with E-state index >= 15 is 0 Å². The number of carbonyl (C=O) groups is 6. The molecule has 0 aliphatic heterocycles. The van der Waals surface area contributed by atoms with Gasteiger partial charge in [0.15, 0.2) is 0 Å². The Kier molecular flexibility index (Phi) is 20.8. The molecule has 0 amide bonds. The minimum atomic E-state index is -0.741. The number of aliphatic carboxylic acids is 2. The maximum atomic E-state index is 11.7. The molecule has 49 heavy (non-hydrogen) atoms. The van der Waals surface area contributed by atoms with Crippen molar-refractivity contribution in [3.63, 3.8) is 0 Å². The van der Waals surface area contributed by atoms with Crippen molar-refractivity contribution in [1.82, 2.24) is 0 Å². The lowest BCUT2D eigenvalue weighted by Crippen LogP contribution is -2.28. The summed E-state index contributed by atoms with van der Waals surface area (Å²) < 4.78 is 20.2. The van der Waals surface area contributed by atoms with Crippen LogP contribution in [0.1, 0.15) is 138 Å². The molecule has 0 radical (unpaired) electrons. The number of rotatable bonds is 12. The third kappa shape index (κ3) is 19.6. The van der Waals surface area contributed by atoms with Gasteiger partial charge in [-0.25, -0.2) is 0 Å². The third-order valence-electron chi connectivity index (χ3n) is 9.20. The molecule has 2 N–H and O–H groups in total. The molecule has 0 spiro atoms. The molecule has 3 saturated carbocycles. The highest BCUT2D eigenvalue weighted by atomic mass is 16.6. The molecular weight excluding hydrogens is 636 g/mol. The first kappa shape index (κ1) is 43.8. The summed E-state index contributed by atoms with van der Waals surface area (Å²) in [6.45, 7) is 12.3. The van der Waals surface area contributed by atoms with Crippen LogP contribution in [0.5, 0.6) is 0 Å². The molecular formula is C37H62O12. The average Bonchev–Trinajstić information content (AvgIpc) is 3.01. The van der Waals surface area contributed by atoms with Crippen LogP contribution < -0.4 is 0 Å². The molecule has 3 aliphatic carbocycles. The summed E-state index contributed by atoms with van der Waals surface area (Å²) in [4.78, 5) is 67.1. The van der Waals surface area contributed by atoms with E-state index in [1.165, 1.54) is 0 Å². The van der Waals surface area contributed by atoms with Gasteiger partial charge in [-0.15, -0.1) is 0 Å². The molecule has 3 aliphatic rings. The lowest BCUT2D eigenvalue weighted by atomic mass is 9.80. The van der Waals surface area contributed by atoms with Crippen LogP contribution in [0.15, 0.2) is 0 Å². The van der Waals surface area contributed by atoms with Gasteiger partial charge in [-0.3, -0.25) is 28.8 Å². The second kappa shape index (κ2) is 23.3. The Hall–Kier alpha value is -3.18. The van der Waals surface area contributed by atoms with E-state index in [-0.39, 0.29) is 66.3 Å². The van der Waals surface area contributed by atoms with Crippen LogP contribution in [0.4, 0.5) is 0 Å². The zero-order valence-corrected chi connectivity index (χ0v) is 30.7. The highest BCUT2D eigenvalue weighted by molar-refractivity contribution is 5.74. The Balaban J connectivity index is 0.000000371. The quantitative estimate of drug-likeness (QED) is 0.162. The van der Waals surface area contributed by atoms with E-state index in [4.69, 9.17) is 29.2 Å². The fourth-order valence-corrected chi connectivity index (χ4v) is 6.70. The highest BCUT2D eigenvalue weighted by Gasteiger charge is 2.31. The summed E-state index contributed by atoms with van der Waals surface area (Å²) in [6.07, 6.45) is 10.8. The van der Waals surface area contributed by atoms with Gasteiger partial charge in [0.25, 0.3) is 0 Å². The zero-order chi connectivity index (χ0) is 37.0. The predicted molar refractivity (Wildman–Crippen MR) is 181 cm³/mol. The van der Waals surface area contributed by atoms with Gasteiger partial charge in [0, 0.05) is 19.3 Å². The van der Waals surface area contributed by atoms with Crippen molar-refractivity contribution in [2.24, 2.45) is 35.5 Å². The van der Waals surface area contributed by atoms with Crippen molar-refractivity contribution in [3.05, 3.63) is 0 Å². The Morgan fingerprint density at radius 1 is 0.490 bits per heavy atom. The molecule has 12 heteroatoms. The molecule has 282 valence electrons. The van der Waals surface area contributed by atoms with Gasteiger partial charge in [0.05, 0.1) is 37.6 Å². The first-order valence-corrected chi connectivity index (χ1v) is 18.2. The summed E-state index contributed by atoms with van der Waals surface area (Å²) in [5, 5.41) is 17.3. The van der Waals surface area contributed by atoms with Gasteiger partial charge in [-0.1, -0.05) is 0 Å². The van der Waals surface area contributed by atoms with Crippen LogP contribution in [0, 0.1) is 35.5 Å². The lowest BCUT2D eigenvalue weighted by molar-refractivity contribution is -0.156. The number of carbonyl (C=O) groups excluding carboxylic acids is 4. The number of carboxylic acid groups (broad SMARTS) is 2. The van der Waals surface area contributed by atoms with Gasteiger partial charge in [0.1, 0.15) is 5.60 Å². The number of esters is 4. The Bertz CT molecular complexity index is 974. The second-order valence-corrected chi connectivity index (χ2v) is 14.4. The SMILES string of the molecule is CCOC(=O)C1CCC(CC(=O)O)CC1.CCOC(=O)C1CCC(CC(=O)O)CC1.CCOC(=O)C1CCC(CC(=O)OC(C)(C)C)CC1. The number of ether oxygens (including phenoxy) is 4. The maximum Gasteiger partial charge on any atom is 0.308 e. The summed E-state index contributed by atoms with van der Waals surface area (Å²) >= 11 is 0.